The predicted octanol–water partition coefficient (Wildman–Crippen LogP) is 2.96. The zero-order valence-corrected chi connectivity index (χ0v) is 11.1. The highest BCUT2D eigenvalue weighted by Gasteiger charge is 2.26. The van der Waals surface area contributed by atoms with Crippen LogP contribution in [-0.2, 0) is 11.3 Å². The van der Waals surface area contributed by atoms with Crippen molar-refractivity contribution in [1.29, 1.82) is 0 Å². The van der Waals surface area contributed by atoms with Crippen molar-refractivity contribution in [2.75, 3.05) is 7.11 Å². The van der Waals surface area contributed by atoms with Crippen LogP contribution in [0.5, 0.6) is 0 Å². The molecular weight excluding hydrogens is 210 g/mol. The lowest BCUT2D eigenvalue weighted by Gasteiger charge is -2.20. The summed E-state index contributed by atoms with van der Waals surface area (Å²) in [5, 5.41) is 3.63. The highest BCUT2D eigenvalue weighted by atomic mass is 16.5. The van der Waals surface area contributed by atoms with E-state index in [9.17, 15) is 0 Å². The lowest BCUT2D eigenvalue weighted by molar-refractivity contribution is 0.0847. The quantitative estimate of drug-likeness (QED) is 0.863. The highest BCUT2D eigenvalue weighted by Crippen LogP contribution is 2.22. The molecule has 2 nitrogen and oxygen atoms in total. The molecule has 2 rings (SSSR count). The minimum atomic E-state index is 0.403. The maximum absolute atomic E-state index is 5.50. The second kappa shape index (κ2) is 5.65. The van der Waals surface area contributed by atoms with E-state index in [1.807, 2.05) is 7.11 Å². The van der Waals surface area contributed by atoms with Crippen molar-refractivity contribution in [3.8, 4) is 0 Å². The highest BCUT2D eigenvalue weighted by molar-refractivity contribution is 5.30. The van der Waals surface area contributed by atoms with Gasteiger partial charge in [-0.15, -0.1) is 0 Å². The van der Waals surface area contributed by atoms with E-state index < -0.39 is 0 Å². The van der Waals surface area contributed by atoms with Crippen LogP contribution in [0.3, 0.4) is 0 Å². The lowest BCUT2D eigenvalue weighted by Crippen LogP contribution is -2.36. The lowest BCUT2D eigenvalue weighted by atomic mass is 10.1. The summed E-state index contributed by atoms with van der Waals surface area (Å²) < 4.78 is 5.50. The van der Waals surface area contributed by atoms with Crippen LogP contribution < -0.4 is 5.32 Å². The normalized spacial score (nSPS) is 24.2. The first-order chi connectivity index (χ1) is 8.20. The van der Waals surface area contributed by atoms with Crippen molar-refractivity contribution in [2.24, 2.45) is 0 Å². The van der Waals surface area contributed by atoms with Crippen LogP contribution in [0.4, 0.5) is 0 Å². The molecule has 1 aromatic rings. The predicted molar refractivity (Wildman–Crippen MR) is 71.2 cm³/mol. The zero-order valence-electron chi connectivity index (χ0n) is 11.1. The Hall–Kier alpha value is -0.860. The number of hydrogen-bond acceptors (Lipinski definition) is 2. The van der Waals surface area contributed by atoms with Gasteiger partial charge in [0.1, 0.15) is 0 Å². The van der Waals surface area contributed by atoms with Gasteiger partial charge in [-0.25, -0.2) is 0 Å². The van der Waals surface area contributed by atoms with E-state index in [1.165, 1.54) is 36.0 Å². The number of rotatable bonds is 4. The van der Waals surface area contributed by atoms with E-state index in [4.69, 9.17) is 4.74 Å². The first kappa shape index (κ1) is 12.6. The summed E-state index contributed by atoms with van der Waals surface area (Å²) in [5.74, 6) is 0. The standard InChI is InChI=1S/C15H23NO/c1-11-7-8-13(12(2)9-11)10-16-14-5-4-6-15(14)17-3/h7-9,14-16H,4-6,10H2,1-3H3. The number of hydrogen-bond donors (Lipinski definition) is 1. The molecule has 0 bridgehead atoms. The Bertz CT molecular complexity index is 375. The van der Waals surface area contributed by atoms with E-state index in [-0.39, 0.29) is 0 Å². The molecule has 1 saturated carbocycles. The SMILES string of the molecule is COC1CCCC1NCc1ccc(C)cc1C. The minimum absolute atomic E-state index is 0.403. The van der Waals surface area contributed by atoms with Crippen LogP contribution >= 0.6 is 0 Å². The first-order valence-electron chi connectivity index (χ1n) is 6.53. The maximum atomic E-state index is 5.50. The van der Waals surface area contributed by atoms with Gasteiger partial charge in [0.2, 0.25) is 0 Å². The average Bonchev–Trinajstić information content (AvgIpc) is 2.75. The molecule has 1 aliphatic rings. The van der Waals surface area contributed by atoms with Crippen molar-refractivity contribution < 1.29 is 4.74 Å². The summed E-state index contributed by atoms with van der Waals surface area (Å²) in [5.41, 5.74) is 4.11. The molecule has 94 valence electrons. The van der Waals surface area contributed by atoms with Gasteiger partial charge >= 0.3 is 0 Å². The Labute approximate surface area is 104 Å². The van der Waals surface area contributed by atoms with Gasteiger partial charge in [-0.3, -0.25) is 0 Å². The maximum Gasteiger partial charge on any atom is 0.0724 e. The van der Waals surface area contributed by atoms with Crippen molar-refractivity contribution >= 4 is 0 Å². The fraction of sp³-hybridized carbons (Fsp3) is 0.600. The summed E-state index contributed by atoms with van der Waals surface area (Å²) in [4.78, 5) is 0. The van der Waals surface area contributed by atoms with E-state index in [0.717, 1.165) is 6.54 Å². The van der Waals surface area contributed by atoms with E-state index >= 15 is 0 Å². The molecule has 0 spiro atoms. The van der Waals surface area contributed by atoms with Gasteiger partial charge in [-0.1, -0.05) is 23.8 Å². The summed E-state index contributed by atoms with van der Waals surface area (Å²) in [6.07, 6.45) is 4.12. The smallest absolute Gasteiger partial charge is 0.0724 e. The second-order valence-electron chi connectivity index (χ2n) is 5.12. The third-order valence-electron chi connectivity index (χ3n) is 3.81. The molecule has 2 atom stereocenters. The summed E-state index contributed by atoms with van der Waals surface area (Å²) in [6.45, 7) is 5.28. The Balaban J connectivity index is 1.93. The average molecular weight is 233 g/mol. The summed E-state index contributed by atoms with van der Waals surface area (Å²) in [6, 6.07) is 7.20. The van der Waals surface area contributed by atoms with Gasteiger partial charge in [0.05, 0.1) is 6.10 Å². The van der Waals surface area contributed by atoms with Crippen LogP contribution in [-0.4, -0.2) is 19.3 Å². The minimum Gasteiger partial charge on any atom is -0.380 e. The molecule has 2 unspecified atom stereocenters. The molecule has 0 amide bonds. The molecule has 17 heavy (non-hydrogen) atoms. The molecular formula is C15H23NO. The molecule has 0 radical (unpaired) electrons. The first-order valence-corrected chi connectivity index (χ1v) is 6.53. The Morgan fingerprint density at radius 2 is 2.12 bits per heavy atom. The topological polar surface area (TPSA) is 21.3 Å². The Morgan fingerprint density at radius 3 is 2.82 bits per heavy atom. The molecule has 1 fully saturated rings. The van der Waals surface area contributed by atoms with Gasteiger partial charge in [-0.05, 0) is 44.2 Å². The molecule has 0 saturated heterocycles. The molecule has 1 aliphatic carbocycles. The number of benzene rings is 1. The Morgan fingerprint density at radius 1 is 1.29 bits per heavy atom. The largest absolute Gasteiger partial charge is 0.380 e. The molecule has 0 heterocycles. The van der Waals surface area contributed by atoms with Crippen molar-refractivity contribution in [3.05, 3.63) is 34.9 Å². The third kappa shape index (κ3) is 3.08. The summed E-state index contributed by atoms with van der Waals surface area (Å²) in [7, 11) is 1.82. The van der Waals surface area contributed by atoms with Crippen molar-refractivity contribution in [1.82, 2.24) is 5.32 Å². The molecule has 1 N–H and O–H groups in total. The van der Waals surface area contributed by atoms with E-state index in [2.05, 4.69) is 37.4 Å². The number of aryl methyl sites for hydroxylation is 2. The van der Waals surface area contributed by atoms with Crippen LogP contribution in [0.1, 0.15) is 36.0 Å². The van der Waals surface area contributed by atoms with Gasteiger partial charge in [0.25, 0.3) is 0 Å². The van der Waals surface area contributed by atoms with E-state index in [1.54, 1.807) is 0 Å². The van der Waals surface area contributed by atoms with E-state index in [0.29, 0.717) is 12.1 Å². The van der Waals surface area contributed by atoms with Crippen molar-refractivity contribution in [3.63, 3.8) is 0 Å². The van der Waals surface area contributed by atoms with Gasteiger partial charge in [0, 0.05) is 19.7 Å². The second-order valence-corrected chi connectivity index (χ2v) is 5.12. The third-order valence-corrected chi connectivity index (χ3v) is 3.81. The fourth-order valence-corrected chi connectivity index (χ4v) is 2.73. The van der Waals surface area contributed by atoms with Gasteiger partial charge < -0.3 is 10.1 Å². The molecule has 2 heteroatoms. The molecule has 0 aliphatic heterocycles. The number of methoxy groups -OCH3 is 1. The van der Waals surface area contributed by atoms with Crippen LogP contribution in [0.25, 0.3) is 0 Å². The fourth-order valence-electron chi connectivity index (χ4n) is 2.73. The van der Waals surface area contributed by atoms with Gasteiger partial charge in [0.15, 0.2) is 0 Å². The number of nitrogens with one attached hydrogen (secondary N) is 1. The molecule has 0 aromatic heterocycles. The monoisotopic (exact) mass is 233 g/mol. The Kier molecular flexibility index (Phi) is 4.19. The summed E-state index contributed by atoms with van der Waals surface area (Å²) >= 11 is 0. The van der Waals surface area contributed by atoms with Crippen LogP contribution in [0.2, 0.25) is 0 Å². The zero-order chi connectivity index (χ0) is 12.3. The van der Waals surface area contributed by atoms with Crippen LogP contribution in [0.15, 0.2) is 18.2 Å². The van der Waals surface area contributed by atoms with Crippen molar-refractivity contribution in [2.45, 2.75) is 51.8 Å². The van der Waals surface area contributed by atoms with Crippen LogP contribution in [0, 0.1) is 13.8 Å². The molecule has 1 aromatic carbocycles. The number of ether oxygens (including phenoxy) is 1. The van der Waals surface area contributed by atoms with Gasteiger partial charge in [-0.2, -0.15) is 0 Å².